The van der Waals surface area contributed by atoms with E-state index < -0.39 is 66.1 Å². The first kappa shape index (κ1) is 30.6. The van der Waals surface area contributed by atoms with Crippen LogP contribution >= 0.6 is 0 Å². The summed E-state index contributed by atoms with van der Waals surface area (Å²) >= 11 is 0. The van der Waals surface area contributed by atoms with Gasteiger partial charge in [0, 0.05) is 19.3 Å². The minimum absolute atomic E-state index is 0.148. The predicted octanol–water partition coefficient (Wildman–Crippen LogP) is 1.04. The van der Waals surface area contributed by atoms with E-state index in [0.717, 1.165) is 16.7 Å². The van der Waals surface area contributed by atoms with Gasteiger partial charge in [0.1, 0.15) is 18.1 Å². The molecule has 0 aliphatic carbocycles. The number of benzene rings is 1. The lowest BCUT2D eigenvalue weighted by molar-refractivity contribution is -0.142. The van der Waals surface area contributed by atoms with Gasteiger partial charge in [-0.25, -0.2) is 4.39 Å². The SMILES string of the molecule is CC(C)[C@@H]1NC(=O)[C@H]2CCCN2C(=O)[C@H](C)NC(=O)CN(C(=O)c2ccncc2F)C[C@H](Cc2ccccc2)NC1=O. The van der Waals surface area contributed by atoms with Crippen molar-refractivity contribution in [2.45, 2.75) is 64.2 Å². The smallest absolute Gasteiger partial charge is 0.257 e. The van der Waals surface area contributed by atoms with Crippen molar-refractivity contribution in [2.24, 2.45) is 5.92 Å². The Hall–Kier alpha value is -4.35. The molecule has 3 N–H and O–H groups in total. The first-order valence-corrected chi connectivity index (χ1v) is 14.2. The molecule has 42 heavy (non-hydrogen) atoms. The summed E-state index contributed by atoms with van der Waals surface area (Å²) in [5, 5.41) is 8.43. The van der Waals surface area contributed by atoms with Gasteiger partial charge in [-0.15, -0.1) is 0 Å². The van der Waals surface area contributed by atoms with Crippen molar-refractivity contribution in [3.05, 3.63) is 65.7 Å². The lowest BCUT2D eigenvalue weighted by atomic mass is 10.00. The Morgan fingerprint density at radius 2 is 1.79 bits per heavy atom. The number of halogens is 1. The highest BCUT2D eigenvalue weighted by atomic mass is 19.1. The van der Waals surface area contributed by atoms with E-state index in [-0.39, 0.29) is 18.0 Å². The average Bonchev–Trinajstić information content (AvgIpc) is 3.45. The summed E-state index contributed by atoms with van der Waals surface area (Å²) in [6.45, 7) is 4.81. The molecule has 11 nitrogen and oxygen atoms in total. The minimum Gasteiger partial charge on any atom is -0.349 e. The van der Waals surface area contributed by atoms with Crippen LogP contribution in [0.4, 0.5) is 4.39 Å². The second kappa shape index (κ2) is 13.5. The van der Waals surface area contributed by atoms with Crippen molar-refractivity contribution in [1.29, 1.82) is 0 Å². The normalized spacial score (nSPS) is 24.3. The van der Waals surface area contributed by atoms with Crippen LogP contribution < -0.4 is 16.0 Å². The fourth-order valence-corrected chi connectivity index (χ4v) is 5.41. The molecule has 12 heteroatoms. The minimum atomic E-state index is -0.980. The summed E-state index contributed by atoms with van der Waals surface area (Å²) in [6.07, 6.45) is 3.51. The number of hydrogen-bond acceptors (Lipinski definition) is 6. The summed E-state index contributed by atoms with van der Waals surface area (Å²) in [7, 11) is 0. The summed E-state index contributed by atoms with van der Waals surface area (Å²) in [5.74, 6) is -3.90. The summed E-state index contributed by atoms with van der Waals surface area (Å²) in [4.78, 5) is 73.3. The van der Waals surface area contributed by atoms with Gasteiger partial charge in [0.15, 0.2) is 5.82 Å². The molecule has 224 valence electrons. The second-order valence-electron chi connectivity index (χ2n) is 11.1. The molecule has 2 saturated heterocycles. The van der Waals surface area contributed by atoms with E-state index >= 15 is 0 Å². The van der Waals surface area contributed by atoms with Gasteiger partial charge in [0.2, 0.25) is 23.6 Å². The molecule has 0 spiro atoms. The number of nitrogens with zero attached hydrogens (tertiary/aromatic N) is 3. The number of rotatable bonds is 4. The van der Waals surface area contributed by atoms with Crippen LogP contribution in [0.15, 0.2) is 48.8 Å². The standard InChI is InChI=1S/C30H37FN6O5/c1-18(2)26-28(40)34-21(14-20-8-5-4-6-9-20)16-36(30(42)22-11-12-32-15-23(22)31)17-25(38)33-19(3)29(41)37-13-7-10-24(37)27(39)35-26/h4-6,8-9,11-12,15,18-19,21,24,26H,7,10,13-14,16-17H2,1-3H3,(H,33,38)(H,34,40)(H,35,39)/t19-,21-,24+,26-/m0/s1. The number of amides is 5. The van der Waals surface area contributed by atoms with Crippen molar-refractivity contribution in [3.8, 4) is 0 Å². The number of pyridine rings is 1. The Kier molecular flexibility index (Phi) is 9.87. The summed E-state index contributed by atoms with van der Waals surface area (Å²) < 4.78 is 14.6. The summed E-state index contributed by atoms with van der Waals surface area (Å²) in [6, 6.07) is 7.12. The maximum atomic E-state index is 14.6. The van der Waals surface area contributed by atoms with E-state index in [0.29, 0.717) is 25.8 Å². The van der Waals surface area contributed by atoms with E-state index in [9.17, 15) is 28.4 Å². The van der Waals surface area contributed by atoms with Gasteiger partial charge in [-0.05, 0) is 43.7 Å². The molecule has 2 aromatic rings. The monoisotopic (exact) mass is 580 g/mol. The van der Waals surface area contributed by atoms with E-state index in [1.165, 1.54) is 24.1 Å². The molecule has 4 atom stereocenters. The van der Waals surface area contributed by atoms with Gasteiger partial charge in [0.05, 0.1) is 24.3 Å². The van der Waals surface area contributed by atoms with Crippen LogP contribution in [0, 0.1) is 11.7 Å². The molecule has 1 aromatic carbocycles. The molecule has 4 rings (SSSR count). The van der Waals surface area contributed by atoms with Crippen LogP contribution in [0.1, 0.15) is 49.5 Å². The van der Waals surface area contributed by atoms with Gasteiger partial charge in [0.25, 0.3) is 5.91 Å². The zero-order valence-corrected chi connectivity index (χ0v) is 24.0. The molecule has 1 aromatic heterocycles. The largest absolute Gasteiger partial charge is 0.349 e. The van der Waals surface area contributed by atoms with E-state index in [4.69, 9.17) is 0 Å². The number of aromatic nitrogens is 1. The van der Waals surface area contributed by atoms with Gasteiger partial charge < -0.3 is 25.8 Å². The topological polar surface area (TPSA) is 141 Å². The number of fused-ring (bicyclic) bond motifs is 1. The zero-order valence-electron chi connectivity index (χ0n) is 24.0. The van der Waals surface area contributed by atoms with Crippen molar-refractivity contribution in [1.82, 2.24) is 30.7 Å². The van der Waals surface area contributed by atoms with Gasteiger partial charge in [-0.3, -0.25) is 29.0 Å². The molecular weight excluding hydrogens is 543 g/mol. The Bertz CT molecular complexity index is 1320. The van der Waals surface area contributed by atoms with Crippen LogP contribution in [0.2, 0.25) is 0 Å². The number of carbonyl (C=O) groups excluding carboxylic acids is 5. The Labute approximate surface area is 244 Å². The maximum absolute atomic E-state index is 14.6. The molecule has 2 aliphatic rings. The second-order valence-corrected chi connectivity index (χ2v) is 11.1. The molecule has 3 heterocycles. The Balaban J connectivity index is 1.73. The number of carbonyl (C=O) groups is 5. The first-order valence-electron chi connectivity index (χ1n) is 14.2. The molecule has 2 fully saturated rings. The van der Waals surface area contributed by atoms with E-state index in [1.54, 1.807) is 13.8 Å². The Morgan fingerprint density at radius 3 is 2.48 bits per heavy atom. The fraction of sp³-hybridized carbons (Fsp3) is 0.467. The van der Waals surface area contributed by atoms with E-state index in [1.807, 2.05) is 30.3 Å². The molecule has 2 aliphatic heterocycles. The zero-order chi connectivity index (χ0) is 30.4. The molecule has 0 bridgehead atoms. The first-order chi connectivity index (χ1) is 20.0. The maximum Gasteiger partial charge on any atom is 0.257 e. The predicted molar refractivity (Wildman–Crippen MR) is 151 cm³/mol. The number of hydrogen-bond donors (Lipinski definition) is 3. The molecule has 0 unspecified atom stereocenters. The highest BCUT2D eigenvalue weighted by molar-refractivity contribution is 5.98. The third-order valence-electron chi connectivity index (χ3n) is 7.57. The van der Waals surface area contributed by atoms with Crippen LogP contribution in [0.3, 0.4) is 0 Å². The van der Waals surface area contributed by atoms with Gasteiger partial charge in [-0.1, -0.05) is 44.2 Å². The third-order valence-corrected chi connectivity index (χ3v) is 7.57. The van der Waals surface area contributed by atoms with Crippen LogP contribution in [0.25, 0.3) is 0 Å². The summed E-state index contributed by atoms with van der Waals surface area (Å²) in [5.41, 5.74) is 0.579. The Morgan fingerprint density at radius 1 is 1.05 bits per heavy atom. The third kappa shape index (κ3) is 7.29. The van der Waals surface area contributed by atoms with Crippen molar-refractivity contribution < 1.29 is 28.4 Å². The molecule has 0 saturated carbocycles. The van der Waals surface area contributed by atoms with Crippen LogP contribution in [-0.2, 0) is 25.6 Å². The molecule has 0 radical (unpaired) electrons. The molecular formula is C30H37FN6O5. The van der Waals surface area contributed by atoms with Gasteiger partial charge >= 0.3 is 0 Å². The van der Waals surface area contributed by atoms with Crippen molar-refractivity contribution >= 4 is 29.5 Å². The molecule has 5 amide bonds. The fourth-order valence-electron chi connectivity index (χ4n) is 5.41. The lowest BCUT2D eigenvalue weighted by Gasteiger charge is -2.31. The lowest BCUT2D eigenvalue weighted by Crippen LogP contribution is -2.58. The van der Waals surface area contributed by atoms with Crippen LogP contribution in [0.5, 0.6) is 0 Å². The average molecular weight is 581 g/mol. The quantitative estimate of drug-likeness (QED) is 0.494. The van der Waals surface area contributed by atoms with Crippen molar-refractivity contribution in [3.63, 3.8) is 0 Å². The van der Waals surface area contributed by atoms with Gasteiger partial charge in [-0.2, -0.15) is 0 Å². The van der Waals surface area contributed by atoms with E-state index in [2.05, 4.69) is 20.9 Å². The highest BCUT2D eigenvalue weighted by Gasteiger charge is 2.39. The number of nitrogens with one attached hydrogen (secondary N) is 3. The van der Waals surface area contributed by atoms with Crippen LogP contribution in [-0.4, -0.2) is 88.1 Å². The van der Waals surface area contributed by atoms with Crippen molar-refractivity contribution in [2.75, 3.05) is 19.6 Å². The highest BCUT2D eigenvalue weighted by Crippen LogP contribution is 2.20.